The molecule has 0 aliphatic rings. The average Bonchev–Trinajstić information content (AvgIpc) is 2.37. The monoisotopic (exact) mass is 263 g/mol. The van der Waals surface area contributed by atoms with Gasteiger partial charge in [-0.1, -0.05) is 32.0 Å². The molecule has 0 aliphatic carbocycles. The fourth-order valence-corrected chi connectivity index (χ4v) is 1.65. The molecular weight excluding hydrogens is 242 g/mol. The number of carbonyl (C=O) groups is 2. The standard InChI is InChI=1S/C14H21N3O2/c1-4-15-13(18)12(10(2)3)17-14(19)16-11-8-6-5-7-9-11/h5-10,12H,4H2,1-3H3,(H,15,18)(H2,16,17,19). The number of anilines is 1. The molecule has 1 unspecified atom stereocenters. The molecule has 0 fully saturated rings. The molecule has 0 saturated heterocycles. The van der Waals surface area contributed by atoms with E-state index in [-0.39, 0.29) is 17.9 Å². The molecule has 5 nitrogen and oxygen atoms in total. The predicted molar refractivity (Wildman–Crippen MR) is 75.9 cm³/mol. The Morgan fingerprint density at radius 2 is 1.79 bits per heavy atom. The Labute approximate surface area is 113 Å². The number of amides is 3. The fraction of sp³-hybridized carbons (Fsp3) is 0.429. The number of urea groups is 1. The van der Waals surface area contributed by atoms with Crippen molar-refractivity contribution in [1.29, 1.82) is 0 Å². The van der Waals surface area contributed by atoms with E-state index >= 15 is 0 Å². The SMILES string of the molecule is CCNC(=O)C(NC(=O)Nc1ccccc1)C(C)C. The zero-order valence-corrected chi connectivity index (χ0v) is 11.6. The Bertz CT molecular complexity index is 418. The van der Waals surface area contributed by atoms with Gasteiger partial charge in [0.1, 0.15) is 6.04 Å². The van der Waals surface area contributed by atoms with Gasteiger partial charge >= 0.3 is 6.03 Å². The molecule has 104 valence electrons. The predicted octanol–water partition coefficient (Wildman–Crippen LogP) is 1.97. The lowest BCUT2D eigenvalue weighted by molar-refractivity contribution is -0.123. The maximum Gasteiger partial charge on any atom is 0.319 e. The number of nitrogens with one attached hydrogen (secondary N) is 3. The van der Waals surface area contributed by atoms with Crippen molar-refractivity contribution in [3.8, 4) is 0 Å². The maximum absolute atomic E-state index is 11.8. The van der Waals surface area contributed by atoms with Crippen LogP contribution < -0.4 is 16.0 Å². The minimum atomic E-state index is -0.538. The van der Waals surface area contributed by atoms with E-state index < -0.39 is 6.04 Å². The molecule has 0 bridgehead atoms. The molecule has 0 radical (unpaired) electrons. The minimum Gasteiger partial charge on any atom is -0.355 e. The van der Waals surface area contributed by atoms with E-state index in [1.165, 1.54) is 0 Å². The lowest BCUT2D eigenvalue weighted by atomic mass is 10.0. The second-order valence-electron chi connectivity index (χ2n) is 4.58. The molecule has 0 spiro atoms. The minimum absolute atomic E-state index is 0.0214. The van der Waals surface area contributed by atoms with Crippen LogP contribution in [0.5, 0.6) is 0 Å². The summed E-state index contributed by atoms with van der Waals surface area (Å²) in [6, 6.07) is 8.19. The smallest absolute Gasteiger partial charge is 0.319 e. The molecule has 0 aromatic heterocycles. The third-order valence-electron chi connectivity index (χ3n) is 2.62. The molecular formula is C14H21N3O2. The number of carbonyl (C=O) groups excluding carboxylic acids is 2. The highest BCUT2D eigenvalue weighted by Crippen LogP contribution is 2.06. The summed E-state index contributed by atoms with van der Waals surface area (Å²) >= 11 is 0. The van der Waals surface area contributed by atoms with Crippen LogP contribution in [0.4, 0.5) is 10.5 Å². The number of benzene rings is 1. The van der Waals surface area contributed by atoms with Crippen LogP contribution in [-0.2, 0) is 4.79 Å². The van der Waals surface area contributed by atoms with Gasteiger partial charge in [-0.15, -0.1) is 0 Å². The van der Waals surface area contributed by atoms with Crippen molar-refractivity contribution in [2.45, 2.75) is 26.8 Å². The summed E-state index contributed by atoms with van der Waals surface area (Å²) in [5.41, 5.74) is 0.693. The summed E-state index contributed by atoms with van der Waals surface area (Å²) in [6.07, 6.45) is 0. The van der Waals surface area contributed by atoms with Gasteiger partial charge in [0.15, 0.2) is 0 Å². The molecule has 3 N–H and O–H groups in total. The first-order chi connectivity index (χ1) is 9.04. The Morgan fingerprint density at radius 3 is 2.32 bits per heavy atom. The molecule has 1 atom stereocenters. The van der Waals surface area contributed by atoms with Crippen LogP contribution in [0.15, 0.2) is 30.3 Å². The lowest BCUT2D eigenvalue weighted by Crippen LogP contribution is -2.50. The topological polar surface area (TPSA) is 70.2 Å². The number of rotatable bonds is 5. The van der Waals surface area contributed by atoms with Gasteiger partial charge in [0, 0.05) is 12.2 Å². The third kappa shape index (κ3) is 4.99. The van der Waals surface area contributed by atoms with Gasteiger partial charge in [0.05, 0.1) is 0 Å². The Balaban J connectivity index is 2.59. The molecule has 0 aliphatic heterocycles. The van der Waals surface area contributed by atoms with Gasteiger partial charge in [0.25, 0.3) is 0 Å². The molecule has 0 heterocycles. The van der Waals surface area contributed by atoms with E-state index in [9.17, 15) is 9.59 Å². The van der Waals surface area contributed by atoms with E-state index in [0.29, 0.717) is 12.2 Å². The Morgan fingerprint density at radius 1 is 1.16 bits per heavy atom. The fourth-order valence-electron chi connectivity index (χ4n) is 1.65. The van der Waals surface area contributed by atoms with Crippen molar-refractivity contribution in [2.24, 2.45) is 5.92 Å². The first-order valence-corrected chi connectivity index (χ1v) is 6.44. The van der Waals surface area contributed by atoms with E-state index in [0.717, 1.165) is 0 Å². The van der Waals surface area contributed by atoms with Crippen LogP contribution in [0.3, 0.4) is 0 Å². The zero-order chi connectivity index (χ0) is 14.3. The van der Waals surface area contributed by atoms with Crippen LogP contribution in [0.2, 0.25) is 0 Å². The quantitative estimate of drug-likeness (QED) is 0.760. The number of hydrogen-bond acceptors (Lipinski definition) is 2. The number of para-hydroxylation sites is 1. The first kappa shape index (κ1) is 15.0. The van der Waals surface area contributed by atoms with Crippen molar-refractivity contribution < 1.29 is 9.59 Å². The van der Waals surface area contributed by atoms with Crippen LogP contribution in [0.1, 0.15) is 20.8 Å². The molecule has 3 amide bonds. The highest BCUT2D eigenvalue weighted by Gasteiger charge is 2.23. The normalized spacial score (nSPS) is 11.8. The second-order valence-corrected chi connectivity index (χ2v) is 4.58. The molecule has 1 aromatic rings. The van der Waals surface area contributed by atoms with Crippen LogP contribution in [0, 0.1) is 5.92 Å². The van der Waals surface area contributed by atoms with Crippen LogP contribution in [0.25, 0.3) is 0 Å². The van der Waals surface area contributed by atoms with E-state index in [2.05, 4.69) is 16.0 Å². The second kappa shape index (κ2) is 7.41. The summed E-state index contributed by atoms with van der Waals surface area (Å²) in [6.45, 7) is 6.18. The number of likely N-dealkylation sites (N-methyl/N-ethyl adjacent to an activating group) is 1. The van der Waals surface area contributed by atoms with Gasteiger partial charge < -0.3 is 16.0 Å². The largest absolute Gasteiger partial charge is 0.355 e. The van der Waals surface area contributed by atoms with E-state index in [1.54, 1.807) is 12.1 Å². The van der Waals surface area contributed by atoms with Crippen molar-refractivity contribution in [3.63, 3.8) is 0 Å². The molecule has 19 heavy (non-hydrogen) atoms. The number of hydrogen-bond donors (Lipinski definition) is 3. The third-order valence-corrected chi connectivity index (χ3v) is 2.62. The highest BCUT2D eigenvalue weighted by molar-refractivity contribution is 5.93. The average molecular weight is 263 g/mol. The maximum atomic E-state index is 11.8. The Hall–Kier alpha value is -2.04. The van der Waals surface area contributed by atoms with Crippen LogP contribution in [-0.4, -0.2) is 24.5 Å². The van der Waals surface area contributed by atoms with E-state index in [4.69, 9.17) is 0 Å². The first-order valence-electron chi connectivity index (χ1n) is 6.44. The summed E-state index contributed by atoms with van der Waals surface area (Å²) in [5.74, 6) is -0.145. The van der Waals surface area contributed by atoms with Gasteiger partial charge in [-0.3, -0.25) is 4.79 Å². The Kier molecular flexibility index (Phi) is 5.85. The van der Waals surface area contributed by atoms with Crippen molar-refractivity contribution in [2.75, 3.05) is 11.9 Å². The molecule has 0 saturated carbocycles. The highest BCUT2D eigenvalue weighted by atomic mass is 16.2. The zero-order valence-electron chi connectivity index (χ0n) is 11.6. The molecule has 1 aromatic carbocycles. The van der Waals surface area contributed by atoms with Crippen LogP contribution >= 0.6 is 0 Å². The van der Waals surface area contributed by atoms with Gasteiger partial charge in [-0.25, -0.2) is 4.79 Å². The summed E-state index contributed by atoms with van der Waals surface area (Å²) in [4.78, 5) is 23.7. The molecule has 1 rings (SSSR count). The van der Waals surface area contributed by atoms with Gasteiger partial charge in [-0.2, -0.15) is 0 Å². The molecule has 5 heteroatoms. The van der Waals surface area contributed by atoms with E-state index in [1.807, 2.05) is 39.0 Å². The van der Waals surface area contributed by atoms with Crippen molar-refractivity contribution in [1.82, 2.24) is 10.6 Å². The van der Waals surface area contributed by atoms with Crippen molar-refractivity contribution >= 4 is 17.6 Å². The van der Waals surface area contributed by atoms with Gasteiger partial charge in [-0.05, 0) is 25.0 Å². The summed E-state index contributed by atoms with van der Waals surface area (Å²) in [5, 5.41) is 8.10. The summed E-state index contributed by atoms with van der Waals surface area (Å²) in [7, 11) is 0. The summed E-state index contributed by atoms with van der Waals surface area (Å²) < 4.78 is 0. The van der Waals surface area contributed by atoms with Crippen molar-refractivity contribution in [3.05, 3.63) is 30.3 Å². The lowest BCUT2D eigenvalue weighted by Gasteiger charge is -2.21. The van der Waals surface area contributed by atoms with Gasteiger partial charge in [0.2, 0.25) is 5.91 Å².